The molecule has 0 aliphatic carbocycles. The van der Waals surface area contributed by atoms with E-state index in [2.05, 4.69) is 6.92 Å². The average molecular weight is 380 g/mol. The van der Waals surface area contributed by atoms with Crippen LogP contribution in [0, 0.1) is 11.6 Å². The first-order valence-corrected chi connectivity index (χ1v) is 9.26. The van der Waals surface area contributed by atoms with Gasteiger partial charge in [0.15, 0.2) is 0 Å². The average Bonchev–Trinajstić information content (AvgIpc) is 2.69. The molecule has 3 aromatic carbocycles. The van der Waals surface area contributed by atoms with E-state index in [9.17, 15) is 13.6 Å². The summed E-state index contributed by atoms with van der Waals surface area (Å²) in [6.45, 7) is 2.11. The van der Waals surface area contributed by atoms with E-state index >= 15 is 0 Å². The van der Waals surface area contributed by atoms with Gasteiger partial charge in [0.25, 0.3) is 0 Å². The number of benzene rings is 3. The summed E-state index contributed by atoms with van der Waals surface area (Å²) in [5.41, 5.74) is 3.30. The zero-order valence-corrected chi connectivity index (χ0v) is 16.0. The molecule has 3 aromatic rings. The number of carbonyl (C=O) groups excluding carboxylic acids is 1. The molecule has 0 bridgehead atoms. The highest BCUT2D eigenvalue weighted by Gasteiger charge is 2.16. The van der Waals surface area contributed by atoms with E-state index in [4.69, 9.17) is 4.74 Å². The van der Waals surface area contributed by atoms with E-state index in [1.807, 2.05) is 24.3 Å². The standard InChI is InChI=1S/C24H22F2O2/c1-3-4-16-5-7-17(8-6-16)20-14-21(25)24(22(26)15-20)19-9-10-23(28-2)18(13-19)11-12-27/h5-10,12-15H,3-4,11H2,1-2H3. The third-order valence-corrected chi connectivity index (χ3v) is 4.74. The molecule has 0 saturated carbocycles. The normalized spacial score (nSPS) is 10.7. The molecule has 0 N–H and O–H groups in total. The molecule has 0 amide bonds. The van der Waals surface area contributed by atoms with Gasteiger partial charge in [-0.05, 0) is 52.9 Å². The van der Waals surface area contributed by atoms with Crippen LogP contribution >= 0.6 is 0 Å². The van der Waals surface area contributed by atoms with Crippen molar-refractivity contribution in [3.63, 3.8) is 0 Å². The number of rotatable bonds is 7. The van der Waals surface area contributed by atoms with E-state index in [1.165, 1.54) is 24.8 Å². The molecule has 3 rings (SSSR count). The monoisotopic (exact) mass is 380 g/mol. The lowest BCUT2D eigenvalue weighted by Gasteiger charge is -2.12. The van der Waals surface area contributed by atoms with Gasteiger partial charge >= 0.3 is 0 Å². The smallest absolute Gasteiger partial charge is 0.134 e. The molecule has 4 heteroatoms. The number of hydrogen-bond donors (Lipinski definition) is 0. The molecule has 0 radical (unpaired) electrons. The van der Waals surface area contributed by atoms with Crippen LogP contribution in [0.4, 0.5) is 8.78 Å². The van der Waals surface area contributed by atoms with Crippen LogP contribution in [0.3, 0.4) is 0 Å². The third kappa shape index (κ3) is 4.11. The van der Waals surface area contributed by atoms with Gasteiger partial charge in [-0.2, -0.15) is 0 Å². The Bertz CT molecular complexity index is 955. The van der Waals surface area contributed by atoms with Crippen molar-refractivity contribution in [2.45, 2.75) is 26.2 Å². The molecule has 0 heterocycles. The predicted octanol–water partition coefficient (Wildman–Crippen LogP) is 6.00. The molecule has 0 aliphatic heterocycles. The lowest BCUT2D eigenvalue weighted by Crippen LogP contribution is -1.97. The minimum atomic E-state index is -0.644. The second-order valence-electron chi connectivity index (χ2n) is 6.66. The fourth-order valence-electron chi connectivity index (χ4n) is 3.35. The Hall–Kier alpha value is -3.01. The summed E-state index contributed by atoms with van der Waals surface area (Å²) >= 11 is 0. The van der Waals surface area contributed by atoms with Crippen molar-refractivity contribution < 1.29 is 18.3 Å². The number of halogens is 2. The maximum Gasteiger partial charge on any atom is 0.134 e. The van der Waals surface area contributed by atoms with Crippen molar-refractivity contribution in [2.75, 3.05) is 7.11 Å². The van der Waals surface area contributed by atoms with Crippen molar-refractivity contribution >= 4 is 6.29 Å². The molecule has 0 atom stereocenters. The summed E-state index contributed by atoms with van der Waals surface area (Å²) < 4.78 is 34.9. The maximum atomic E-state index is 14.8. The summed E-state index contributed by atoms with van der Waals surface area (Å²) in [5.74, 6) is -0.773. The molecule has 0 unspecified atom stereocenters. The predicted molar refractivity (Wildman–Crippen MR) is 108 cm³/mol. The Morgan fingerprint density at radius 2 is 1.54 bits per heavy atom. The SMILES string of the molecule is CCCc1ccc(-c2cc(F)c(-c3ccc(OC)c(CC=O)c3)c(F)c2)cc1. The van der Waals surface area contributed by atoms with Gasteiger partial charge in [-0.1, -0.05) is 43.7 Å². The molecule has 2 nitrogen and oxygen atoms in total. The summed E-state index contributed by atoms with van der Waals surface area (Å²) in [5, 5.41) is 0. The van der Waals surface area contributed by atoms with E-state index in [1.54, 1.807) is 18.2 Å². The van der Waals surface area contributed by atoms with Gasteiger partial charge in [0, 0.05) is 12.0 Å². The van der Waals surface area contributed by atoms with Crippen molar-refractivity contribution in [3.05, 3.63) is 77.4 Å². The zero-order valence-electron chi connectivity index (χ0n) is 16.0. The maximum absolute atomic E-state index is 14.8. The summed E-state index contributed by atoms with van der Waals surface area (Å²) in [7, 11) is 1.49. The number of ether oxygens (including phenoxy) is 1. The van der Waals surface area contributed by atoms with Gasteiger partial charge in [0.1, 0.15) is 23.7 Å². The number of aldehydes is 1. The Morgan fingerprint density at radius 1 is 0.893 bits per heavy atom. The highest BCUT2D eigenvalue weighted by Crippen LogP contribution is 2.33. The first kappa shape index (κ1) is 19.7. The highest BCUT2D eigenvalue weighted by atomic mass is 19.1. The van der Waals surface area contributed by atoms with Crippen LogP contribution in [0.2, 0.25) is 0 Å². The molecule has 0 aliphatic rings. The quantitative estimate of drug-likeness (QED) is 0.470. The first-order valence-electron chi connectivity index (χ1n) is 9.26. The van der Waals surface area contributed by atoms with Gasteiger partial charge in [0.2, 0.25) is 0 Å². The van der Waals surface area contributed by atoms with Gasteiger partial charge in [-0.15, -0.1) is 0 Å². The van der Waals surface area contributed by atoms with Crippen molar-refractivity contribution in [2.24, 2.45) is 0 Å². The second kappa shape index (κ2) is 8.79. The Morgan fingerprint density at radius 3 is 2.11 bits per heavy atom. The van der Waals surface area contributed by atoms with Gasteiger partial charge in [-0.25, -0.2) is 8.78 Å². The minimum absolute atomic E-state index is 0.110. The van der Waals surface area contributed by atoms with Crippen LogP contribution in [0.1, 0.15) is 24.5 Å². The molecule has 0 saturated heterocycles. The van der Waals surface area contributed by atoms with Crippen molar-refractivity contribution in [3.8, 4) is 28.0 Å². The molecule has 28 heavy (non-hydrogen) atoms. The largest absolute Gasteiger partial charge is 0.496 e. The van der Waals surface area contributed by atoms with Gasteiger partial charge in [-0.3, -0.25) is 0 Å². The zero-order chi connectivity index (χ0) is 20.1. The highest BCUT2D eigenvalue weighted by molar-refractivity contribution is 5.73. The van der Waals surface area contributed by atoms with Crippen molar-refractivity contribution in [1.82, 2.24) is 0 Å². The fourth-order valence-corrected chi connectivity index (χ4v) is 3.35. The van der Waals surface area contributed by atoms with Crippen LogP contribution in [0.25, 0.3) is 22.3 Å². The second-order valence-corrected chi connectivity index (χ2v) is 6.66. The third-order valence-electron chi connectivity index (χ3n) is 4.74. The number of methoxy groups -OCH3 is 1. The van der Waals surface area contributed by atoms with E-state index in [0.717, 1.165) is 24.7 Å². The Kier molecular flexibility index (Phi) is 6.19. The summed E-state index contributed by atoms with van der Waals surface area (Å²) in [6, 6.07) is 15.2. The van der Waals surface area contributed by atoms with Crippen LogP contribution in [-0.2, 0) is 17.6 Å². The number of hydrogen-bond acceptors (Lipinski definition) is 2. The Balaban J connectivity index is 2.00. The molecule has 0 fully saturated rings. The number of aryl methyl sites for hydroxylation is 1. The minimum Gasteiger partial charge on any atom is -0.496 e. The van der Waals surface area contributed by atoms with Crippen LogP contribution < -0.4 is 4.74 Å². The van der Waals surface area contributed by atoms with E-state index in [0.29, 0.717) is 22.4 Å². The molecular weight excluding hydrogens is 358 g/mol. The van der Waals surface area contributed by atoms with Gasteiger partial charge < -0.3 is 9.53 Å². The summed E-state index contributed by atoms with van der Waals surface area (Å²) in [4.78, 5) is 10.9. The molecule has 144 valence electrons. The first-order chi connectivity index (χ1) is 13.6. The molecule has 0 spiro atoms. The topological polar surface area (TPSA) is 26.3 Å². The lowest BCUT2D eigenvalue weighted by molar-refractivity contribution is -0.107. The van der Waals surface area contributed by atoms with E-state index < -0.39 is 11.6 Å². The van der Waals surface area contributed by atoms with E-state index in [-0.39, 0.29) is 12.0 Å². The molecule has 0 aromatic heterocycles. The van der Waals surface area contributed by atoms with Crippen LogP contribution in [0.15, 0.2) is 54.6 Å². The summed E-state index contributed by atoms with van der Waals surface area (Å²) in [6.07, 6.45) is 2.87. The van der Waals surface area contributed by atoms with Crippen LogP contribution in [0.5, 0.6) is 5.75 Å². The fraction of sp³-hybridized carbons (Fsp3) is 0.208. The Labute approximate surface area is 163 Å². The number of carbonyl (C=O) groups is 1. The lowest BCUT2D eigenvalue weighted by atomic mass is 9.96. The van der Waals surface area contributed by atoms with Crippen LogP contribution in [-0.4, -0.2) is 13.4 Å². The van der Waals surface area contributed by atoms with Gasteiger partial charge in [0.05, 0.1) is 12.7 Å². The van der Waals surface area contributed by atoms with Crippen molar-refractivity contribution in [1.29, 1.82) is 0 Å². The molecular formula is C24H22F2O2.